The summed E-state index contributed by atoms with van der Waals surface area (Å²) in [6, 6.07) is 5.73. The number of imidazole rings is 1. The molecular formula is C22H21ClFN5O2. The van der Waals surface area contributed by atoms with E-state index in [0.29, 0.717) is 24.3 Å². The fraction of sp³-hybridized carbons (Fsp3) is 0.318. The number of fused-ring (bicyclic) bond motifs is 3. The molecule has 0 spiro atoms. The van der Waals surface area contributed by atoms with Crippen LogP contribution in [0.4, 0.5) is 4.39 Å². The van der Waals surface area contributed by atoms with E-state index in [0.717, 1.165) is 45.6 Å². The van der Waals surface area contributed by atoms with Gasteiger partial charge >= 0.3 is 0 Å². The number of carbonyl (C=O) groups is 1. The summed E-state index contributed by atoms with van der Waals surface area (Å²) in [5, 5.41) is 8.48. The molecule has 0 saturated heterocycles. The van der Waals surface area contributed by atoms with E-state index in [4.69, 9.17) is 26.5 Å². The maximum absolute atomic E-state index is 14.1. The van der Waals surface area contributed by atoms with Gasteiger partial charge < -0.3 is 9.67 Å². The minimum Gasteiger partial charge on any atom is -0.483 e. The van der Waals surface area contributed by atoms with Gasteiger partial charge in [0, 0.05) is 35.3 Å². The van der Waals surface area contributed by atoms with Gasteiger partial charge in [0.2, 0.25) is 0 Å². The van der Waals surface area contributed by atoms with Crippen LogP contribution in [0.3, 0.4) is 0 Å². The molecule has 0 unspecified atom stereocenters. The third kappa shape index (κ3) is 4.34. The first-order valence-corrected chi connectivity index (χ1v) is 10.3. The van der Waals surface area contributed by atoms with Crippen molar-refractivity contribution in [2.45, 2.75) is 44.8 Å². The Morgan fingerprint density at radius 2 is 2.00 bits per heavy atom. The van der Waals surface area contributed by atoms with E-state index in [2.05, 4.69) is 19.5 Å². The Kier molecular flexibility index (Phi) is 6.08. The van der Waals surface area contributed by atoms with Crippen molar-refractivity contribution in [1.29, 1.82) is 0 Å². The molecule has 3 aromatic heterocycles. The van der Waals surface area contributed by atoms with E-state index in [1.54, 1.807) is 18.6 Å². The van der Waals surface area contributed by atoms with E-state index in [1.165, 1.54) is 0 Å². The highest BCUT2D eigenvalue weighted by Gasteiger charge is 2.29. The van der Waals surface area contributed by atoms with E-state index in [9.17, 15) is 4.39 Å². The number of nitrogens with zero attached hydrogens (tertiary/aromatic N) is 5. The average Bonchev–Trinajstić information content (AvgIpc) is 3.33. The van der Waals surface area contributed by atoms with Crippen molar-refractivity contribution in [2.24, 2.45) is 0 Å². The largest absolute Gasteiger partial charge is 0.483 e. The van der Waals surface area contributed by atoms with Crippen LogP contribution in [0, 0.1) is 6.92 Å². The van der Waals surface area contributed by atoms with Gasteiger partial charge in [-0.2, -0.15) is 0 Å². The zero-order valence-corrected chi connectivity index (χ0v) is 17.6. The number of rotatable bonds is 3. The lowest BCUT2D eigenvalue weighted by molar-refractivity contribution is -0.122. The number of benzene rings is 1. The molecule has 5 rings (SSSR count). The van der Waals surface area contributed by atoms with Gasteiger partial charge in [0.1, 0.15) is 17.5 Å². The van der Waals surface area contributed by atoms with Gasteiger partial charge in [-0.25, -0.2) is 9.37 Å². The fourth-order valence-corrected chi connectivity index (χ4v) is 4.30. The SMILES string of the molecule is Cc1cnc(Cc2nc3cnc4ccc(Cl)cc4c3n2[C@@H]2CC[C@H](F)C2)cn1.O=CO. The second-order valence-corrected chi connectivity index (χ2v) is 7.98. The van der Waals surface area contributed by atoms with Crippen molar-refractivity contribution in [1.82, 2.24) is 24.5 Å². The number of halogens is 2. The molecule has 4 aromatic rings. The summed E-state index contributed by atoms with van der Waals surface area (Å²) >= 11 is 6.27. The summed E-state index contributed by atoms with van der Waals surface area (Å²) in [5.41, 5.74) is 4.34. The Balaban J connectivity index is 0.000000730. The van der Waals surface area contributed by atoms with Crippen LogP contribution in [0.2, 0.25) is 5.02 Å². The van der Waals surface area contributed by atoms with E-state index in [1.807, 2.05) is 25.1 Å². The van der Waals surface area contributed by atoms with Crippen molar-refractivity contribution in [3.8, 4) is 0 Å². The first kappa shape index (κ1) is 21.1. The Labute approximate surface area is 182 Å². The molecule has 0 amide bonds. The molecule has 2 atom stereocenters. The first-order valence-electron chi connectivity index (χ1n) is 9.94. The number of carboxylic acid groups (broad SMARTS) is 1. The average molecular weight is 442 g/mol. The van der Waals surface area contributed by atoms with Crippen molar-refractivity contribution in [2.75, 3.05) is 0 Å². The summed E-state index contributed by atoms with van der Waals surface area (Å²) in [6.45, 7) is 1.66. The van der Waals surface area contributed by atoms with Crippen molar-refractivity contribution in [3.63, 3.8) is 0 Å². The van der Waals surface area contributed by atoms with Gasteiger partial charge in [-0.15, -0.1) is 0 Å². The summed E-state index contributed by atoms with van der Waals surface area (Å²) in [7, 11) is 0. The predicted octanol–water partition coefficient (Wildman–Crippen LogP) is 4.69. The zero-order valence-electron chi connectivity index (χ0n) is 16.9. The molecule has 3 heterocycles. The predicted molar refractivity (Wildman–Crippen MR) is 116 cm³/mol. The highest BCUT2D eigenvalue weighted by Crippen LogP contribution is 2.38. The lowest BCUT2D eigenvalue weighted by Gasteiger charge is -2.17. The van der Waals surface area contributed by atoms with Gasteiger partial charge in [0.25, 0.3) is 6.47 Å². The number of hydrogen-bond donors (Lipinski definition) is 1. The van der Waals surface area contributed by atoms with Gasteiger partial charge in [-0.05, 0) is 44.4 Å². The second kappa shape index (κ2) is 8.93. The lowest BCUT2D eigenvalue weighted by Crippen LogP contribution is -2.11. The zero-order chi connectivity index (χ0) is 22.0. The number of alkyl halides is 1. The van der Waals surface area contributed by atoms with Crippen LogP contribution in [-0.4, -0.2) is 42.3 Å². The normalized spacial score (nSPS) is 18.2. The highest BCUT2D eigenvalue weighted by molar-refractivity contribution is 6.31. The number of hydrogen-bond acceptors (Lipinski definition) is 5. The monoisotopic (exact) mass is 441 g/mol. The fourth-order valence-electron chi connectivity index (χ4n) is 4.13. The Morgan fingerprint density at radius 1 is 1.19 bits per heavy atom. The summed E-state index contributed by atoms with van der Waals surface area (Å²) in [4.78, 5) is 26.6. The molecule has 0 bridgehead atoms. The Morgan fingerprint density at radius 3 is 2.68 bits per heavy atom. The molecule has 0 radical (unpaired) electrons. The van der Waals surface area contributed by atoms with Gasteiger partial charge in [0.05, 0.1) is 28.6 Å². The summed E-state index contributed by atoms with van der Waals surface area (Å²) < 4.78 is 16.2. The molecule has 1 N–H and O–H groups in total. The van der Waals surface area contributed by atoms with Crippen LogP contribution in [0.25, 0.3) is 21.9 Å². The third-order valence-electron chi connectivity index (χ3n) is 5.43. The minimum absolute atomic E-state index is 0.0676. The topological polar surface area (TPSA) is 93.8 Å². The molecule has 1 saturated carbocycles. The van der Waals surface area contributed by atoms with E-state index >= 15 is 0 Å². The van der Waals surface area contributed by atoms with Crippen molar-refractivity contribution in [3.05, 3.63) is 59.0 Å². The third-order valence-corrected chi connectivity index (χ3v) is 5.67. The Bertz CT molecular complexity index is 1230. The summed E-state index contributed by atoms with van der Waals surface area (Å²) in [6.07, 6.45) is 6.96. The molecule has 9 heteroatoms. The molecule has 1 aliphatic rings. The molecular weight excluding hydrogens is 421 g/mol. The van der Waals surface area contributed by atoms with Crippen molar-refractivity contribution >= 4 is 40.0 Å². The summed E-state index contributed by atoms with van der Waals surface area (Å²) in [5.74, 6) is 0.863. The molecule has 1 fully saturated rings. The van der Waals surface area contributed by atoms with Crippen LogP contribution in [-0.2, 0) is 11.2 Å². The van der Waals surface area contributed by atoms with Crippen LogP contribution >= 0.6 is 11.6 Å². The van der Waals surface area contributed by atoms with Crippen molar-refractivity contribution < 1.29 is 14.3 Å². The molecule has 31 heavy (non-hydrogen) atoms. The lowest BCUT2D eigenvalue weighted by atomic mass is 10.1. The maximum atomic E-state index is 14.1. The van der Waals surface area contributed by atoms with Gasteiger partial charge in [-0.3, -0.25) is 19.7 Å². The molecule has 1 aliphatic carbocycles. The maximum Gasteiger partial charge on any atom is 0.290 e. The molecule has 160 valence electrons. The number of aryl methyl sites for hydroxylation is 1. The van der Waals surface area contributed by atoms with Crippen LogP contribution in [0.15, 0.2) is 36.8 Å². The molecule has 0 aliphatic heterocycles. The van der Waals surface area contributed by atoms with Crippen LogP contribution in [0.5, 0.6) is 0 Å². The van der Waals surface area contributed by atoms with E-state index in [-0.39, 0.29) is 12.5 Å². The molecule has 7 nitrogen and oxygen atoms in total. The van der Waals surface area contributed by atoms with Gasteiger partial charge in [-0.1, -0.05) is 11.6 Å². The highest BCUT2D eigenvalue weighted by atomic mass is 35.5. The minimum atomic E-state index is -0.772. The molecule has 1 aromatic carbocycles. The first-order chi connectivity index (χ1) is 15.0. The van der Waals surface area contributed by atoms with E-state index < -0.39 is 6.17 Å². The standard InChI is InChI=1S/C21H19ClFN5.CH2O2/c1-12-9-25-15(10-24-12)8-20-27-19-11-26-18-5-2-13(22)6-17(18)21(19)28(20)16-4-3-14(23)7-16;2-1-3/h2,5-6,9-11,14,16H,3-4,7-8H2,1H3;1H,(H,2,3)/t14-,16+;/m0./s1. The number of pyridine rings is 1. The smallest absolute Gasteiger partial charge is 0.290 e. The number of aromatic nitrogens is 5. The Hall–Kier alpha value is -3.13. The van der Waals surface area contributed by atoms with Gasteiger partial charge in [0.15, 0.2) is 0 Å². The van der Waals surface area contributed by atoms with Crippen LogP contribution in [0.1, 0.15) is 42.5 Å². The quantitative estimate of drug-likeness (QED) is 0.463. The second-order valence-electron chi connectivity index (χ2n) is 7.55. The van der Waals surface area contributed by atoms with Crippen LogP contribution < -0.4 is 0 Å².